The van der Waals surface area contributed by atoms with E-state index < -0.39 is 0 Å². The van der Waals surface area contributed by atoms with Gasteiger partial charge in [0.15, 0.2) is 5.96 Å². The van der Waals surface area contributed by atoms with E-state index in [1.165, 1.54) is 47.7 Å². The minimum Gasteiger partial charge on any atom is -0.377 e. The Morgan fingerprint density at radius 3 is 3.04 bits per heavy atom. The van der Waals surface area contributed by atoms with Crippen molar-refractivity contribution in [2.75, 3.05) is 19.7 Å². The predicted octanol–water partition coefficient (Wildman–Crippen LogP) is 3.53. The zero-order valence-corrected chi connectivity index (χ0v) is 17.1. The van der Waals surface area contributed by atoms with Crippen LogP contribution in [0.3, 0.4) is 0 Å². The van der Waals surface area contributed by atoms with Gasteiger partial charge in [-0.2, -0.15) is 0 Å². The van der Waals surface area contributed by atoms with Crippen molar-refractivity contribution < 1.29 is 4.74 Å². The van der Waals surface area contributed by atoms with Gasteiger partial charge in [0.1, 0.15) is 0 Å². The lowest BCUT2D eigenvalue weighted by Crippen LogP contribution is -2.72. The lowest BCUT2D eigenvalue weighted by atomic mass is 9.46. The lowest BCUT2D eigenvalue weighted by Gasteiger charge is -2.63. The molecule has 0 amide bonds. The van der Waals surface area contributed by atoms with Crippen LogP contribution in [0.25, 0.3) is 10.9 Å². The Balaban J connectivity index is 1.27. The molecule has 0 bridgehead atoms. The Hall–Kier alpha value is -2.01. The number of benzene rings is 1. The van der Waals surface area contributed by atoms with E-state index in [1.807, 2.05) is 0 Å². The molecule has 1 spiro atoms. The molecule has 1 aromatic carbocycles. The third-order valence-electron chi connectivity index (χ3n) is 7.33. The topological polar surface area (TPSA) is 61.4 Å². The normalized spacial score (nSPS) is 28.1. The molecule has 2 aliphatic carbocycles. The summed E-state index contributed by atoms with van der Waals surface area (Å²) in [4.78, 5) is 8.35. The molecule has 2 saturated carbocycles. The number of guanidine groups is 1. The number of fused-ring (bicyclic) bond motifs is 3. The van der Waals surface area contributed by atoms with Crippen molar-refractivity contribution in [1.29, 1.82) is 0 Å². The van der Waals surface area contributed by atoms with Crippen LogP contribution in [0.2, 0.25) is 0 Å². The fourth-order valence-electron chi connectivity index (χ4n) is 5.78. The van der Waals surface area contributed by atoms with Gasteiger partial charge >= 0.3 is 0 Å². The van der Waals surface area contributed by atoms with E-state index in [9.17, 15) is 0 Å². The molecule has 2 aromatic rings. The predicted molar refractivity (Wildman–Crippen MR) is 114 cm³/mol. The maximum atomic E-state index is 6.06. The van der Waals surface area contributed by atoms with Crippen LogP contribution in [0.5, 0.6) is 0 Å². The molecular weight excluding hydrogens is 348 g/mol. The maximum absolute atomic E-state index is 6.06. The van der Waals surface area contributed by atoms with Gasteiger partial charge in [-0.25, -0.2) is 0 Å². The lowest BCUT2D eigenvalue weighted by molar-refractivity contribution is -0.171. The highest BCUT2D eigenvalue weighted by molar-refractivity contribution is 5.86. The van der Waals surface area contributed by atoms with Gasteiger partial charge in [-0.3, -0.25) is 4.99 Å². The zero-order chi connectivity index (χ0) is 19.1. The van der Waals surface area contributed by atoms with Crippen LogP contribution in [0, 0.1) is 18.3 Å². The molecule has 5 nitrogen and oxygen atoms in total. The molecule has 1 aliphatic heterocycles. The number of rotatable bonds is 5. The maximum Gasteiger partial charge on any atom is 0.191 e. The van der Waals surface area contributed by atoms with Gasteiger partial charge in [-0.15, -0.1) is 0 Å². The standard InChI is InChI=1S/C23H32N4O/c1-3-24-22(27-20-18-9-13-28-21(18)23(20)10-5-11-23)25-12-8-16-14-26-19-15(2)6-4-7-17(16)19/h4,6-7,14,18,20-21,26H,3,5,8-13H2,1-2H3,(H2,24,25,27). The van der Waals surface area contributed by atoms with E-state index >= 15 is 0 Å². The van der Waals surface area contributed by atoms with E-state index in [4.69, 9.17) is 9.73 Å². The molecule has 0 radical (unpaired) electrons. The Morgan fingerprint density at radius 2 is 2.25 bits per heavy atom. The molecule has 3 fully saturated rings. The summed E-state index contributed by atoms with van der Waals surface area (Å²) in [6, 6.07) is 7.03. The first kappa shape index (κ1) is 18.0. The number of aromatic amines is 1. The van der Waals surface area contributed by atoms with E-state index in [0.29, 0.717) is 23.5 Å². The number of para-hydroxylation sites is 1. The van der Waals surface area contributed by atoms with Crippen molar-refractivity contribution in [2.45, 2.75) is 58.1 Å². The molecule has 3 atom stereocenters. The van der Waals surface area contributed by atoms with Crippen LogP contribution in [0.1, 0.15) is 43.7 Å². The SMILES string of the molecule is CCNC(=NCCc1c[nH]c2c(C)cccc12)NC1C2CCOC2C12CCC2. The Bertz CT molecular complexity index is 882. The number of H-pyrrole nitrogens is 1. The zero-order valence-electron chi connectivity index (χ0n) is 17.1. The van der Waals surface area contributed by atoms with Gasteiger partial charge in [0.2, 0.25) is 0 Å². The number of aliphatic imine (C=N–C) groups is 1. The molecule has 150 valence electrons. The van der Waals surface area contributed by atoms with Crippen LogP contribution in [0.4, 0.5) is 0 Å². The van der Waals surface area contributed by atoms with E-state index in [2.05, 4.69) is 53.9 Å². The third-order valence-corrected chi connectivity index (χ3v) is 7.33. The smallest absolute Gasteiger partial charge is 0.191 e. The molecular formula is C23H32N4O. The second-order valence-corrected chi connectivity index (χ2v) is 8.77. The summed E-state index contributed by atoms with van der Waals surface area (Å²) >= 11 is 0. The monoisotopic (exact) mass is 380 g/mol. The van der Waals surface area contributed by atoms with Crippen molar-refractivity contribution in [1.82, 2.24) is 15.6 Å². The molecule has 3 aliphatic rings. The third kappa shape index (κ3) is 2.74. The highest BCUT2D eigenvalue weighted by atomic mass is 16.5. The van der Waals surface area contributed by atoms with Crippen LogP contribution in [-0.4, -0.2) is 42.8 Å². The van der Waals surface area contributed by atoms with E-state index in [1.54, 1.807) is 0 Å². The fourth-order valence-corrected chi connectivity index (χ4v) is 5.78. The van der Waals surface area contributed by atoms with Gasteiger partial charge < -0.3 is 20.4 Å². The minimum atomic E-state index is 0.381. The molecule has 3 N–H and O–H groups in total. The summed E-state index contributed by atoms with van der Waals surface area (Å²) in [5.74, 6) is 1.64. The van der Waals surface area contributed by atoms with Crippen molar-refractivity contribution >= 4 is 16.9 Å². The van der Waals surface area contributed by atoms with Crippen LogP contribution >= 0.6 is 0 Å². The summed E-state index contributed by atoms with van der Waals surface area (Å²) in [7, 11) is 0. The Kier molecular flexibility index (Phi) is 4.58. The number of nitrogens with one attached hydrogen (secondary N) is 3. The first-order valence-corrected chi connectivity index (χ1v) is 10.9. The van der Waals surface area contributed by atoms with Gasteiger partial charge in [-0.05, 0) is 50.7 Å². The highest BCUT2D eigenvalue weighted by Crippen LogP contribution is 2.62. The first-order chi connectivity index (χ1) is 13.7. The fraction of sp³-hybridized carbons (Fsp3) is 0.609. The average molecular weight is 381 g/mol. The number of aromatic nitrogens is 1. The minimum absolute atomic E-state index is 0.381. The molecule has 1 saturated heterocycles. The quantitative estimate of drug-likeness (QED) is 0.549. The highest BCUT2D eigenvalue weighted by Gasteiger charge is 2.66. The van der Waals surface area contributed by atoms with E-state index in [-0.39, 0.29) is 0 Å². The molecule has 28 heavy (non-hydrogen) atoms. The average Bonchev–Trinajstić information content (AvgIpc) is 3.25. The Labute approximate surface area is 167 Å². The summed E-state index contributed by atoms with van der Waals surface area (Å²) < 4.78 is 6.06. The number of hydrogen-bond acceptors (Lipinski definition) is 2. The molecule has 2 heterocycles. The van der Waals surface area contributed by atoms with Gasteiger partial charge in [-0.1, -0.05) is 24.6 Å². The molecule has 1 aromatic heterocycles. The molecule has 5 heteroatoms. The summed E-state index contributed by atoms with van der Waals surface area (Å²) in [6.07, 6.45) is 8.74. The second kappa shape index (κ2) is 7.11. The van der Waals surface area contributed by atoms with Crippen LogP contribution in [-0.2, 0) is 11.2 Å². The molecule has 5 rings (SSSR count). The largest absolute Gasteiger partial charge is 0.377 e. The van der Waals surface area contributed by atoms with Crippen molar-refractivity contribution in [3.63, 3.8) is 0 Å². The van der Waals surface area contributed by atoms with Crippen LogP contribution < -0.4 is 10.6 Å². The summed E-state index contributed by atoms with van der Waals surface area (Å²) in [6.45, 7) is 6.91. The van der Waals surface area contributed by atoms with E-state index in [0.717, 1.165) is 32.1 Å². The summed E-state index contributed by atoms with van der Waals surface area (Å²) in [5, 5.41) is 8.59. The first-order valence-electron chi connectivity index (χ1n) is 10.9. The van der Waals surface area contributed by atoms with Gasteiger partial charge in [0, 0.05) is 54.2 Å². The van der Waals surface area contributed by atoms with Crippen molar-refractivity contribution in [3.8, 4) is 0 Å². The number of nitrogens with zero attached hydrogens (tertiary/aromatic N) is 1. The Morgan fingerprint density at radius 1 is 1.36 bits per heavy atom. The molecule has 3 unspecified atom stereocenters. The number of aryl methyl sites for hydroxylation is 1. The van der Waals surface area contributed by atoms with Gasteiger partial charge in [0.25, 0.3) is 0 Å². The van der Waals surface area contributed by atoms with Crippen molar-refractivity contribution in [3.05, 3.63) is 35.5 Å². The van der Waals surface area contributed by atoms with Crippen LogP contribution in [0.15, 0.2) is 29.4 Å². The van der Waals surface area contributed by atoms with Crippen molar-refractivity contribution in [2.24, 2.45) is 16.3 Å². The van der Waals surface area contributed by atoms with Gasteiger partial charge in [0.05, 0.1) is 6.10 Å². The summed E-state index contributed by atoms with van der Waals surface area (Å²) in [5.41, 5.74) is 4.28. The number of hydrogen-bond donors (Lipinski definition) is 3. The second-order valence-electron chi connectivity index (χ2n) is 8.77. The number of ether oxygens (including phenoxy) is 1.